The maximum Gasteiger partial charge on any atom is 0 e. The molecule has 0 aromatic heterocycles. The van der Waals surface area contributed by atoms with E-state index in [1.54, 1.807) is 0 Å². The van der Waals surface area contributed by atoms with Gasteiger partial charge in [0.2, 0.25) is 0 Å². The van der Waals surface area contributed by atoms with Crippen LogP contribution in [-0.2, 0) is 40.5 Å². The summed E-state index contributed by atoms with van der Waals surface area (Å²) in [5.74, 6) is 0. The molecule has 4 nitrogen and oxygen atoms in total. The molecule has 0 saturated carbocycles. The summed E-state index contributed by atoms with van der Waals surface area (Å²) in [6.07, 6.45) is 0. The Morgan fingerprint density at radius 3 is 1.14 bits per heavy atom. The molecule has 0 amide bonds. The molecule has 0 bridgehead atoms. The van der Waals surface area contributed by atoms with E-state index < -0.39 is 13.4 Å². The Balaban J connectivity index is -0.0000000800. The van der Waals surface area contributed by atoms with Gasteiger partial charge in [-0.2, -0.15) is 0 Å². The number of hydrogen-bond acceptors (Lipinski definition) is 2. The second kappa shape index (κ2) is 5.40. The van der Waals surface area contributed by atoms with Crippen LogP contribution in [0.15, 0.2) is 0 Å². The van der Waals surface area contributed by atoms with E-state index in [4.69, 9.17) is 16.0 Å². The quantitative estimate of drug-likeness (QED) is 0.437. The van der Waals surface area contributed by atoms with Gasteiger partial charge in [-0.05, 0) is 0 Å². The normalized spacial score (nSPS) is 8.29. The van der Waals surface area contributed by atoms with Crippen LogP contribution < -0.4 is 0 Å². The van der Waals surface area contributed by atoms with Crippen molar-refractivity contribution in [3.8, 4) is 0 Å². The minimum absolute atomic E-state index is 0. The Hall–Kier alpha value is 1.26. The summed E-state index contributed by atoms with van der Waals surface area (Å²) in [5, 5.41) is 0. The summed E-state index contributed by atoms with van der Waals surface area (Å²) >= 11 is -5.12. The molecule has 0 radical (unpaired) electrons. The molecule has 0 spiro atoms. The minimum atomic E-state index is -5.12. The van der Waals surface area contributed by atoms with Crippen LogP contribution in [-0.4, -0.2) is 27.2 Å². The van der Waals surface area contributed by atoms with Crippen molar-refractivity contribution in [2.45, 2.75) is 0 Å². The summed E-state index contributed by atoms with van der Waals surface area (Å²) in [6.45, 7) is 0. The molecule has 7 heavy (non-hydrogen) atoms. The third-order valence-corrected chi connectivity index (χ3v) is 0. The van der Waals surface area contributed by atoms with Crippen molar-refractivity contribution in [3.05, 3.63) is 0 Å². The summed E-state index contributed by atoms with van der Waals surface area (Å²) in [6, 6.07) is 0. The third-order valence-electron chi connectivity index (χ3n) is 0. The van der Waals surface area contributed by atoms with Gasteiger partial charge in [0.25, 0.3) is 0 Å². The Morgan fingerprint density at radius 2 is 1.14 bits per heavy atom. The van der Waals surface area contributed by atoms with Gasteiger partial charge < -0.3 is 0 Å². The second-order valence-corrected chi connectivity index (χ2v) is 1.71. The van der Waals surface area contributed by atoms with E-state index in [9.17, 15) is 0 Å². The van der Waals surface area contributed by atoms with Gasteiger partial charge in [0.1, 0.15) is 0 Å². The molecule has 0 aromatic rings. The predicted molar refractivity (Wildman–Crippen MR) is 13.0 cm³/mol. The van der Waals surface area contributed by atoms with Gasteiger partial charge in [0.05, 0.1) is 0 Å². The first-order valence-corrected chi connectivity index (χ1v) is 2.67. The SMILES string of the molecule is [LiH].[O]=[Mn](=[O])([OH])[OH].[Zn]. The van der Waals surface area contributed by atoms with Crippen LogP contribution >= 0.6 is 0 Å². The van der Waals surface area contributed by atoms with Crippen molar-refractivity contribution < 1.29 is 48.9 Å². The van der Waals surface area contributed by atoms with Crippen molar-refractivity contribution in [1.82, 2.24) is 0 Å². The zero-order valence-corrected chi connectivity index (χ0v) is 6.94. The van der Waals surface area contributed by atoms with Gasteiger partial charge in [-0.1, -0.05) is 0 Å². The molecule has 0 atom stereocenters. The summed E-state index contributed by atoms with van der Waals surface area (Å²) < 4.78 is 31.8. The Labute approximate surface area is 67.5 Å². The molecule has 0 fully saturated rings. The molecule has 0 unspecified atom stereocenters. The molecule has 0 heterocycles. The van der Waals surface area contributed by atoms with Crippen molar-refractivity contribution in [2.75, 3.05) is 0 Å². The van der Waals surface area contributed by atoms with E-state index in [2.05, 4.69) is 0 Å². The first-order chi connectivity index (χ1) is 2.00. The van der Waals surface area contributed by atoms with E-state index in [0.717, 1.165) is 0 Å². The Morgan fingerprint density at radius 1 is 1.14 bits per heavy atom. The Bertz CT molecular complexity index is 94.9. The van der Waals surface area contributed by atoms with Gasteiger partial charge in [-0.15, -0.1) is 0 Å². The molecule has 0 aliphatic rings. The van der Waals surface area contributed by atoms with Crippen LogP contribution in [0.25, 0.3) is 0 Å². The predicted octanol–water partition coefficient (Wildman–Crippen LogP) is -2.01. The van der Waals surface area contributed by atoms with Crippen LogP contribution in [0, 0.1) is 0 Å². The van der Waals surface area contributed by atoms with Crippen LogP contribution in [0.2, 0.25) is 0 Å². The molecule has 0 saturated heterocycles. The topological polar surface area (TPSA) is 74.6 Å². The zero-order chi connectivity index (χ0) is 4.50. The molecular formula is H3LiMnO4Zn. The number of hydrogen-bond donors (Lipinski definition) is 2. The van der Waals surface area contributed by atoms with Crippen LogP contribution in [0.3, 0.4) is 0 Å². The molecule has 37 valence electrons. The van der Waals surface area contributed by atoms with Crippen molar-refractivity contribution in [2.24, 2.45) is 0 Å². The van der Waals surface area contributed by atoms with E-state index in [1.165, 1.54) is 0 Å². The van der Waals surface area contributed by atoms with Crippen molar-refractivity contribution in [3.63, 3.8) is 0 Å². The summed E-state index contributed by atoms with van der Waals surface area (Å²) in [4.78, 5) is 0. The molecule has 0 aliphatic carbocycles. The largest absolute Gasteiger partial charge is 0 e. The van der Waals surface area contributed by atoms with Crippen molar-refractivity contribution >= 4 is 18.9 Å². The zero-order valence-electron chi connectivity index (χ0n) is 2.80. The first-order valence-electron chi connectivity index (χ1n) is 0.647. The van der Waals surface area contributed by atoms with Gasteiger partial charge in [-0.25, -0.2) is 0 Å². The standard InChI is InChI=1S/Li.Mn.2H2O.2O.Zn.H/h;;2*1H2;;;;/q;+2;;;;;;/p-2. The molecule has 0 aliphatic heterocycles. The maximum absolute atomic E-state index is 8.80. The molecule has 0 aromatic carbocycles. The van der Waals surface area contributed by atoms with Gasteiger partial charge >= 0.3 is 48.3 Å². The monoisotopic (exact) mass is 193 g/mol. The molecule has 7 heteroatoms. The average Bonchev–Trinajstić information content (AvgIpc) is 0.722. The maximum atomic E-state index is 8.80. The average molecular weight is 194 g/mol. The van der Waals surface area contributed by atoms with E-state index >= 15 is 0 Å². The van der Waals surface area contributed by atoms with Crippen molar-refractivity contribution in [1.29, 1.82) is 0 Å². The fraction of sp³-hybridized carbons (Fsp3) is 0. The van der Waals surface area contributed by atoms with Gasteiger partial charge in [0.15, 0.2) is 0 Å². The fourth-order valence-corrected chi connectivity index (χ4v) is 0. The minimum Gasteiger partial charge on any atom is 0 e. The molecule has 0 rings (SSSR count). The molecule has 2 N–H and O–H groups in total. The molecular weight excluding hydrogens is 191 g/mol. The van der Waals surface area contributed by atoms with Gasteiger partial charge in [0, 0.05) is 19.5 Å². The van der Waals surface area contributed by atoms with Crippen LogP contribution in [0.4, 0.5) is 0 Å². The van der Waals surface area contributed by atoms with Crippen LogP contribution in [0.1, 0.15) is 0 Å². The smallest absolute Gasteiger partial charge is 0 e. The van der Waals surface area contributed by atoms with E-state index in [-0.39, 0.29) is 38.3 Å². The summed E-state index contributed by atoms with van der Waals surface area (Å²) in [7, 11) is 0. The van der Waals surface area contributed by atoms with E-state index in [1.807, 2.05) is 0 Å². The van der Waals surface area contributed by atoms with Gasteiger partial charge in [-0.3, -0.25) is 0 Å². The third kappa shape index (κ3) is 126. The Kier molecular flexibility index (Phi) is 12.1. The fourth-order valence-electron chi connectivity index (χ4n) is 0. The van der Waals surface area contributed by atoms with E-state index in [0.29, 0.717) is 0 Å². The first kappa shape index (κ1) is 15.7. The summed E-state index contributed by atoms with van der Waals surface area (Å²) in [5.41, 5.74) is 0. The number of rotatable bonds is 0. The second-order valence-electron chi connectivity index (χ2n) is 0.415. The van der Waals surface area contributed by atoms with Crippen LogP contribution in [0.5, 0.6) is 0 Å².